The highest BCUT2D eigenvalue weighted by molar-refractivity contribution is 7.12. The summed E-state index contributed by atoms with van der Waals surface area (Å²) in [7, 11) is 0. The number of likely N-dealkylation sites (N-methyl/N-ethyl adjacent to an activating group) is 1. The molecule has 0 radical (unpaired) electrons. The van der Waals surface area contributed by atoms with E-state index in [1.165, 1.54) is 17.0 Å². The lowest BCUT2D eigenvalue weighted by molar-refractivity contribution is 0.102. The van der Waals surface area contributed by atoms with E-state index in [2.05, 4.69) is 40.3 Å². The normalized spacial score (nSPS) is 14.2. The molecule has 1 aromatic heterocycles. The average Bonchev–Trinajstić information content (AvgIpc) is 3.35. The second-order valence-electron chi connectivity index (χ2n) is 7.85. The first kappa shape index (κ1) is 22.0. The Bertz CT molecular complexity index is 1090. The highest BCUT2D eigenvalue weighted by Crippen LogP contribution is 2.26. The Morgan fingerprint density at radius 1 is 0.938 bits per heavy atom. The second kappa shape index (κ2) is 9.97. The second-order valence-corrected chi connectivity index (χ2v) is 8.80. The largest absolute Gasteiger partial charge is 0.369 e. The van der Waals surface area contributed by atoms with E-state index in [0.717, 1.165) is 44.0 Å². The number of aryl methyl sites for hydroxylation is 1. The van der Waals surface area contributed by atoms with Gasteiger partial charge in [-0.2, -0.15) is 0 Å². The Morgan fingerprint density at radius 3 is 2.41 bits per heavy atom. The third-order valence-electron chi connectivity index (χ3n) is 5.78. The first-order valence-electron chi connectivity index (χ1n) is 10.9. The molecule has 4 rings (SSSR count). The SMILES string of the molecule is CCN1CCN(c2ccc(NC(=O)c3ccccc3NC(=O)c3cccs3)cc2C)CC1. The molecule has 166 valence electrons. The predicted octanol–water partition coefficient (Wildman–Crippen LogP) is 4.70. The van der Waals surface area contributed by atoms with Crippen LogP contribution >= 0.6 is 11.3 Å². The van der Waals surface area contributed by atoms with E-state index >= 15 is 0 Å². The number of benzene rings is 2. The number of anilines is 3. The van der Waals surface area contributed by atoms with Crippen molar-refractivity contribution in [2.24, 2.45) is 0 Å². The van der Waals surface area contributed by atoms with E-state index in [0.29, 0.717) is 16.1 Å². The van der Waals surface area contributed by atoms with Crippen LogP contribution in [-0.4, -0.2) is 49.4 Å². The number of amides is 2. The monoisotopic (exact) mass is 448 g/mol. The molecule has 0 aliphatic carbocycles. The highest BCUT2D eigenvalue weighted by atomic mass is 32.1. The van der Waals surface area contributed by atoms with Crippen LogP contribution in [0.4, 0.5) is 17.1 Å². The number of nitrogens with one attached hydrogen (secondary N) is 2. The number of para-hydroxylation sites is 1. The van der Waals surface area contributed by atoms with Gasteiger partial charge >= 0.3 is 0 Å². The van der Waals surface area contributed by atoms with E-state index in [4.69, 9.17) is 0 Å². The molecule has 0 unspecified atom stereocenters. The molecule has 1 saturated heterocycles. The van der Waals surface area contributed by atoms with Crippen molar-refractivity contribution < 1.29 is 9.59 Å². The van der Waals surface area contributed by atoms with Crippen LogP contribution in [0.15, 0.2) is 60.0 Å². The number of rotatable bonds is 6. The van der Waals surface area contributed by atoms with Crippen molar-refractivity contribution in [2.45, 2.75) is 13.8 Å². The summed E-state index contributed by atoms with van der Waals surface area (Å²) in [6.45, 7) is 9.53. The molecule has 2 amide bonds. The van der Waals surface area contributed by atoms with Crippen molar-refractivity contribution in [3.8, 4) is 0 Å². The van der Waals surface area contributed by atoms with Crippen molar-refractivity contribution in [1.82, 2.24) is 4.90 Å². The van der Waals surface area contributed by atoms with Gasteiger partial charge in [-0.25, -0.2) is 0 Å². The summed E-state index contributed by atoms with van der Waals surface area (Å²) in [6, 6.07) is 16.7. The van der Waals surface area contributed by atoms with Crippen molar-refractivity contribution in [3.63, 3.8) is 0 Å². The van der Waals surface area contributed by atoms with Crippen LogP contribution in [0, 0.1) is 6.92 Å². The molecule has 2 aromatic carbocycles. The molecule has 32 heavy (non-hydrogen) atoms. The highest BCUT2D eigenvalue weighted by Gasteiger charge is 2.18. The summed E-state index contributed by atoms with van der Waals surface area (Å²) in [5.74, 6) is -0.473. The predicted molar refractivity (Wildman–Crippen MR) is 132 cm³/mol. The van der Waals surface area contributed by atoms with E-state index < -0.39 is 0 Å². The van der Waals surface area contributed by atoms with Gasteiger partial charge in [0, 0.05) is 37.6 Å². The van der Waals surface area contributed by atoms with Crippen LogP contribution in [0.3, 0.4) is 0 Å². The maximum atomic E-state index is 13.0. The van der Waals surface area contributed by atoms with Crippen molar-refractivity contribution in [1.29, 1.82) is 0 Å². The van der Waals surface area contributed by atoms with Crippen LogP contribution in [0.1, 0.15) is 32.5 Å². The number of hydrogen-bond acceptors (Lipinski definition) is 5. The molecule has 1 aliphatic heterocycles. The van der Waals surface area contributed by atoms with Crippen LogP contribution in [0.5, 0.6) is 0 Å². The summed E-state index contributed by atoms with van der Waals surface area (Å²) < 4.78 is 0. The molecule has 2 heterocycles. The number of hydrogen-bond donors (Lipinski definition) is 2. The standard InChI is InChI=1S/C25H28N4O2S/c1-3-28-12-14-29(15-13-28)22-11-10-19(17-18(22)2)26-24(30)20-7-4-5-8-21(20)27-25(31)23-9-6-16-32-23/h4-11,16-17H,3,12-15H2,1-2H3,(H,26,30)(H,27,31). The molecular weight excluding hydrogens is 420 g/mol. The van der Waals surface area contributed by atoms with Crippen molar-refractivity contribution in [3.05, 3.63) is 76.0 Å². The average molecular weight is 449 g/mol. The molecule has 1 fully saturated rings. The van der Waals surface area contributed by atoms with E-state index in [1.54, 1.807) is 30.3 Å². The molecule has 0 bridgehead atoms. The zero-order valence-corrected chi connectivity index (χ0v) is 19.2. The molecule has 0 spiro atoms. The lowest BCUT2D eigenvalue weighted by atomic mass is 10.1. The lowest BCUT2D eigenvalue weighted by Crippen LogP contribution is -2.46. The fourth-order valence-electron chi connectivity index (χ4n) is 3.97. The number of thiophene rings is 1. The Morgan fingerprint density at radius 2 is 1.72 bits per heavy atom. The maximum absolute atomic E-state index is 13.0. The van der Waals surface area contributed by atoms with Crippen LogP contribution in [0.25, 0.3) is 0 Å². The Kier molecular flexibility index (Phi) is 6.87. The number of carbonyl (C=O) groups is 2. The molecule has 3 aromatic rings. The van der Waals surface area contributed by atoms with Gasteiger partial charge in [0.25, 0.3) is 11.8 Å². The summed E-state index contributed by atoms with van der Waals surface area (Å²) in [4.78, 5) is 30.9. The van der Waals surface area contributed by atoms with Gasteiger partial charge in [-0.1, -0.05) is 25.1 Å². The van der Waals surface area contributed by atoms with Crippen molar-refractivity contribution in [2.75, 3.05) is 48.3 Å². The Labute approximate surface area is 192 Å². The Hall–Kier alpha value is -3.16. The quantitative estimate of drug-likeness (QED) is 0.574. The first-order valence-corrected chi connectivity index (χ1v) is 11.8. The van der Waals surface area contributed by atoms with E-state index in [1.807, 2.05) is 23.6 Å². The van der Waals surface area contributed by atoms with Gasteiger partial charge in [-0.3, -0.25) is 9.59 Å². The van der Waals surface area contributed by atoms with Crippen LogP contribution in [-0.2, 0) is 0 Å². The van der Waals surface area contributed by atoms with Gasteiger partial charge < -0.3 is 20.4 Å². The maximum Gasteiger partial charge on any atom is 0.265 e. The summed E-state index contributed by atoms with van der Waals surface area (Å²) in [5, 5.41) is 7.68. The number of nitrogens with zero attached hydrogens (tertiary/aromatic N) is 2. The van der Waals surface area contributed by atoms with E-state index in [-0.39, 0.29) is 11.8 Å². The topological polar surface area (TPSA) is 64.7 Å². The van der Waals surface area contributed by atoms with Gasteiger partial charge in [0.15, 0.2) is 0 Å². The molecule has 0 atom stereocenters. The number of piperazine rings is 1. The first-order chi connectivity index (χ1) is 15.5. The Balaban J connectivity index is 1.45. The third-order valence-corrected chi connectivity index (χ3v) is 6.65. The summed E-state index contributed by atoms with van der Waals surface area (Å²) in [5.41, 5.74) is 4.00. The molecule has 7 heteroatoms. The molecule has 2 N–H and O–H groups in total. The van der Waals surface area contributed by atoms with Gasteiger partial charge in [0.05, 0.1) is 16.1 Å². The minimum absolute atomic E-state index is 0.219. The molecular formula is C25H28N4O2S. The fourth-order valence-corrected chi connectivity index (χ4v) is 4.59. The van der Waals surface area contributed by atoms with Crippen LogP contribution in [0.2, 0.25) is 0 Å². The van der Waals surface area contributed by atoms with Gasteiger partial charge in [0.1, 0.15) is 0 Å². The summed E-state index contributed by atoms with van der Waals surface area (Å²) >= 11 is 1.36. The molecule has 0 saturated carbocycles. The lowest BCUT2D eigenvalue weighted by Gasteiger charge is -2.36. The zero-order chi connectivity index (χ0) is 22.5. The zero-order valence-electron chi connectivity index (χ0n) is 18.4. The minimum atomic E-state index is -0.254. The third kappa shape index (κ3) is 5.00. The van der Waals surface area contributed by atoms with E-state index in [9.17, 15) is 9.59 Å². The van der Waals surface area contributed by atoms with Gasteiger partial charge in [-0.05, 0) is 60.8 Å². The minimum Gasteiger partial charge on any atom is -0.369 e. The summed E-state index contributed by atoms with van der Waals surface area (Å²) in [6.07, 6.45) is 0. The number of carbonyl (C=O) groups excluding carboxylic acids is 2. The van der Waals surface area contributed by atoms with Crippen LogP contribution < -0.4 is 15.5 Å². The van der Waals surface area contributed by atoms with Gasteiger partial charge in [0.2, 0.25) is 0 Å². The smallest absolute Gasteiger partial charge is 0.265 e. The fraction of sp³-hybridized carbons (Fsp3) is 0.280. The van der Waals surface area contributed by atoms with Crippen molar-refractivity contribution >= 4 is 40.2 Å². The molecule has 1 aliphatic rings. The van der Waals surface area contributed by atoms with Gasteiger partial charge in [-0.15, -0.1) is 11.3 Å². The molecule has 6 nitrogen and oxygen atoms in total.